The van der Waals surface area contributed by atoms with E-state index in [2.05, 4.69) is 10.5 Å². The van der Waals surface area contributed by atoms with Crippen LogP contribution in [0.3, 0.4) is 0 Å². The van der Waals surface area contributed by atoms with Gasteiger partial charge in [0.1, 0.15) is 17.0 Å². The van der Waals surface area contributed by atoms with Gasteiger partial charge in [0, 0.05) is 12.1 Å². The highest BCUT2D eigenvalue weighted by Gasteiger charge is 2.22. The lowest BCUT2D eigenvalue weighted by atomic mass is 10.1. The number of halogens is 1. The average molecular weight is 420 g/mol. The molecule has 0 aliphatic carbocycles. The van der Waals surface area contributed by atoms with Crippen LogP contribution in [-0.4, -0.2) is 26.0 Å². The minimum absolute atomic E-state index is 0.0461. The fourth-order valence-electron chi connectivity index (χ4n) is 2.73. The number of primary sulfonamides is 1. The van der Waals surface area contributed by atoms with Gasteiger partial charge in [-0.15, -0.1) is 0 Å². The van der Waals surface area contributed by atoms with Crippen molar-refractivity contribution in [1.82, 2.24) is 10.5 Å². The molecule has 0 spiro atoms. The van der Waals surface area contributed by atoms with Crippen molar-refractivity contribution in [2.75, 3.05) is 6.54 Å². The fourth-order valence-corrected chi connectivity index (χ4v) is 3.47. The topological polar surface area (TPSA) is 115 Å². The van der Waals surface area contributed by atoms with Gasteiger partial charge in [-0.3, -0.25) is 4.79 Å². The summed E-state index contributed by atoms with van der Waals surface area (Å²) in [5.74, 6) is 0.0692. The number of carbonyl (C=O) groups is 1. The maximum Gasteiger partial charge on any atom is 0.257 e. The first-order chi connectivity index (χ1) is 13.3. The minimum Gasteiger partial charge on any atom is -0.360 e. The van der Waals surface area contributed by atoms with Crippen molar-refractivity contribution < 1.29 is 17.7 Å². The summed E-state index contributed by atoms with van der Waals surface area (Å²) in [4.78, 5) is 12.7. The van der Waals surface area contributed by atoms with Crippen LogP contribution in [0.5, 0.6) is 0 Å². The molecule has 0 saturated heterocycles. The number of nitrogens with zero attached hydrogens (tertiary/aromatic N) is 1. The monoisotopic (exact) mass is 419 g/mol. The lowest BCUT2D eigenvalue weighted by Gasteiger charge is -2.07. The Hall–Kier alpha value is -2.68. The van der Waals surface area contributed by atoms with E-state index in [0.717, 1.165) is 5.56 Å². The zero-order valence-electron chi connectivity index (χ0n) is 15.0. The number of carbonyl (C=O) groups excluding carboxylic acids is 1. The van der Waals surface area contributed by atoms with Gasteiger partial charge in [0.05, 0.1) is 9.92 Å². The number of aryl methyl sites for hydroxylation is 1. The number of amides is 1. The fraction of sp³-hybridized carbons (Fsp3) is 0.158. The molecule has 3 aromatic rings. The molecule has 1 aromatic heterocycles. The molecule has 9 heteroatoms. The molecule has 0 bridgehead atoms. The predicted octanol–water partition coefficient (Wildman–Crippen LogP) is 2.92. The third-order valence-electron chi connectivity index (χ3n) is 4.17. The van der Waals surface area contributed by atoms with E-state index in [-0.39, 0.29) is 10.8 Å². The van der Waals surface area contributed by atoms with Crippen LogP contribution in [0.2, 0.25) is 5.02 Å². The van der Waals surface area contributed by atoms with E-state index < -0.39 is 10.0 Å². The Morgan fingerprint density at radius 2 is 1.86 bits per heavy atom. The molecule has 3 N–H and O–H groups in total. The van der Waals surface area contributed by atoms with Gasteiger partial charge in [0.25, 0.3) is 5.91 Å². The molecule has 0 atom stereocenters. The normalized spacial score (nSPS) is 11.4. The highest BCUT2D eigenvalue weighted by atomic mass is 35.5. The van der Waals surface area contributed by atoms with Gasteiger partial charge in [-0.25, -0.2) is 13.6 Å². The molecular weight excluding hydrogens is 402 g/mol. The first-order valence-electron chi connectivity index (χ1n) is 8.38. The number of sulfonamides is 1. The summed E-state index contributed by atoms with van der Waals surface area (Å²) in [7, 11) is -3.72. The molecular formula is C19H18ClN3O4S. The summed E-state index contributed by atoms with van der Waals surface area (Å²) < 4.78 is 27.8. The number of aromatic nitrogens is 1. The highest BCUT2D eigenvalue weighted by molar-refractivity contribution is 7.89. The Morgan fingerprint density at radius 3 is 2.50 bits per heavy atom. The van der Waals surface area contributed by atoms with Crippen molar-refractivity contribution in [3.8, 4) is 11.3 Å². The van der Waals surface area contributed by atoms with E-state index >= 15 is 0 Å². The quantitative estimate of drug-likeness (QED) is 0.637. The molecule has 2 aromatic carbocycles. The van der Waals surface area contributed by atoms with Crippen LogP contribution in [-0.2, 0) is 16.4 Å². The number of benzene rings is 2. The smallest absolute Gasteiger partial charge is 0.257 e. The number of nitrogens with one attached hydrogen (secondary N) is 1. The summed E-state index contributed by atoms with van der Waals surface area (Å²) in [6, 6.07) is 13.3. The molecule has 1 amide bonds. The first-order valence-corrected chi connectivity index (χ1v) is 10.3. The van der Waals surface area contributed by atoms with Crippen molar-refractivity contribution in [1.29, 1.82) is 0 Å². The van der Waals surface area contributed by atoms with Crippen molar-refractivity contribution in [2.24, 2.45) is 5.14 Å². The van der Waals surface area contributed by atoms with Gasteiger partial charge in [-0.2, -0.15) is 0 Å². The lowest BCUT2D eigenvalue weighted by molar-refractivity contribution is 0.0953. The molecule has 0 radical (unpaired) electrons. The SMILES string of the molecule is Cc1onc(-c2ccccc2Cl)c1C(=O)NCCc1ccc(S(N)(=O)=O)cc1. The molecule has 146 valence electrons. The van der Waals surface area contributed by atoms with Crippen LogP contribution < -0.4 is 10.5 Å². The standard InChI is InChI=1S/C19H18ClN3O4S/c1-12-17(18(23-27-12)15-4-2-3-5-16(15)20)19(24)22-11-10-13-6-8-14(9-7-13)28(21,25)26/h2-9H,10-11H2,1H3,(H,22,24)(H2,21,25,26). The molecule has 0 aliphatic heterocycles. The molecule has 0 saturated carbocycles. The number of rotatable bonds is 6. The van der Waals surface area contributed by atoms with Crippen LogP contribution in [0.1, 0.15) is 21.7 Å². The number of nitrogens with two attached hydrogens (primary N) is 1. The molecule has 1 heterocycles. The largest absolute Gasteiger partial charge is 0.360 e. The van der Waals surface area contributed by atoms with Crippen LogP contribution >= 0.6 is 11.6 Å². The van der Waals surface area contributed by atoms with Crippen LogP contribution in [0.15, 0.2) is 57.9 Å². The summed E-state index contributed by atoms with van der Waals surface area (Å²) in [6.45, 7) is 2.01. The second kappa shape index (κ2) is 8.14. The van der Waals surface area contributed by atoms with Gasteiger partial charge in [0.15, 0.2) is 0 Å². The number of hydrogen-bond donors (Lipinski definition) is 2. The van der Waals surface area contributed by atoms with Crippen molar-refractivity contribution in [3.05, 3.63) is 70.4 Å². The summed E-state index contributed by atoms with van der Waals surface area (Å²) in [6.07, 6.45) is 0.516. The lowest BCUT2D eigenvalue weighted by Crippen LogP contribution is -2.26. The van der Waals surface area contributed by atoms with Gasteiger partial charge >= 0.3 is 0 Å². The van der Waals surface area contributed by atoms with E-state index in [1.54, 1.807) is 43.3 Å². The summed E-state index contributed by atoms with van der Waals surface area (Å²) in [5, 5.41) is 12.4. The zero-order chi connectivity index (χ0) is 20.3. The van der Waals surface area contributed by atoms with Gasteiger partial charge in [-0.1, -0.05) is 47.1 Å². The molecule has 7 nitrogen and oxygen atoms in total. The molecule has 28 heavy (non-hydrogen) atoms. The molecule has 0 fully saturated rings. The van der Waals surface area contributed by atoms with Gasteiger partial charge in [-0.05, 0) is 37.1 Å². The molecule has 0 unspecified atom stereocenters. The van der Waals surface area contributed by atoms with Crippen LogP contribution in [0.4, 0.5) is 0 Å². The third kappa shape index (κ3) is 4.41. The zero-order valence-corrected chi connectivity index (χ0v) is 16.5. The molecule has 0 aliphatic rings. The summed E-state index contributed by atoms with van der Waals surface area (Å²) >= 11 is 6.21. The Kier molecular flexibility index (Phi) is 5.83. The van der Waals surface area contributed by atoms with Crippen molar-refractivity contribution >= 4 is 27.5 Å². The van der Waals surface area contributed by atoms with E-state index in [1.165, 1.54) is 12.1 Å². The second-order valence-electron chi connectivity index (χ2n) is 6.14. The van der Waals surface area contributed by atoms with Gasteiger partial charge in [0.2, 0.25) is 10.0 Å². The second-order valence-corrected chi connectivity index (χ2v) is 8.11. The molecule has 3 rings (SSSR count). The maximum atomic E-state index is 12.7. The predicted molar refractivity (Wildman–Crippen MR) is 106 cm³/mol. The Bertz CT molecular complexity index is 1110. The average Bonchev–Trinajstić information content (AvgIpc) is 3.03. The maximum absolute atomic E-state index is 12.7. The van der Waals surface area contributed by atoms with Crippen molar-refractivity contribution in [3.63, 3.8) is 0 Å². The summed E-state index contributed by atoms with van der Waals surface area (Å²) in [5.41, 5.74) is 2.20. The van der Waals surface area contributed by atoms with Gasteiger partial charge < -0.3 is 9.84 Å². The van der Waals surface area contributed by atoms with E-state index in [9.17, 15) is 13.2 Å². The third-order valence-corrected chi connectivity index (χ3v) is 5.43. The van der Waals surface area contributed by atoms with E-state index in [4.69, 9.17) is 21.3 Å². The van der Waals surface area contributed by atoms with E-state index in [1.807, 2.05) is 0 Å². The van der Waals surface area contributed by atoms with Crippen molar-refractivity contribution in [2.45, 2.75) is 18.2 Å². The minimum atomic E-state index is -3.72. The Morgan fingerprint density at radius 1 is 1.18 bits per heavy atom. The van der Waals surface area contributed by atoms with Crippen LogP contribution in [0, 0.1) is 6.92 Å². The van der Waals surface area contributed by atoms with E-state index in [0.29, 0.717) is 40.6 Å². The Labute approximate surface area is 167 Å². The first kappa shape index (κ1) is 20.1. The number of hydrogen-bond acceptors (Lipinski definition) is 5. The van der Waals surface area contributed by atoms with Crippen LogP contribution in [0.25, 0.3) is 11.3 Å². The highest BCUT2D eigenvalue weighted by Crippen LogP contribution is 2.30. The Balaban J connectivity index is 1.69.